The number of rotatable bonds is 7. The predicted molar refractivity (Wildman–Crippen MR) is 117 cm³/mol. The number of halogens is 1. The molecular weight excluding hydrogens is 408 g/mol. The van der Waals surface area contributed by atoms with E-state index in [2.05, 4.69) is 5.32 Å². The second kappa shape index (κ2) is 9.11. The molecule has 1 aromatic heterocycles. The van der Waals surface area contributed by atoms with E-state index in [0.29, 0.717) is 27.8 Å². The first-order valence-corrected chi connectivity index (χ1v) is 10.2. The van der Waals surface area contributed by atoms with Gasteiger partial charge in [0.05, 0.1) is 5.56 Å². The van der Waals surface area contributed by atoms with Crippen molar-refractivity contribution in [3.8, 4) is 5.75 Å². The molecule has 0 atom stereocenters. The second-order valence-corrected chi connectivity index (χ2v) is 8.17. The molecule has 0 aliphatic heterocycles. The highest BCUT2D eigenvalue weighted by Gasteiger charge is 2.21. The molecule has 5 nitrogen and oxygen atoms in total. The highest BCUT2D eigenvalue weighted by molar-refractivity contribution is 7.17. The first kappa shape index (κ1) is 20.9. The SMILES string of the molecule is Cc1cc(Cl)ccc1OCC(=O)Nc1sc(Cc2ccccc2)c(C)c1C(N)=O. The molecule has 0 spiro atoms. The normalized spacial score (nSPS) is 10.6. The Balaban J connectivity index is 1.74. The van der Waals surface area contributed by atoms with Crippen molar-refractivity contribution >= 4 is 39.8 Å². The standard InChI is InChI=1S/C22H21ClN2O3S/c1-13-10-16(23)8-9-17(13)28-12-19(26)25-22-20(21(24)27)14(2)18(29-22)11-15-6-4-3-5-7-15/h3-10H,11-12H2,1-2H3,(H2,24,27)(H,25,26). The van der Waals surface area contributed by atoms with Gasteiger partial charge in [0.25, 0.3) is 11.8 Å². The Morgan fingerprint density at radius 1 is 1.14 bits per heavy atom. The molecule has 0 saturated carbocycles. The third kappa shape index (κ3) is 5.16. The molecule has 7 heteroatoms. The van der Waals surface area contributed by atoms with Crippen LogP contribution >= 0.6 is 22.9 Å². The van der Waals surface area contributed by atoms with Crippen molar-refractivity contribution in [2.75, 3.05) is 11.9 Å². The van der Waals surface area contributed by atoms with Crippen molar-refractivity contribution in [1.82, 2.24) is 0 Å². The highest BCUT2D eigenvalue weighted by Crippen LogP contribution is 2.34. The van der Waals surface area contributed by atoms with Crippen LogP contribution in [0.2, 0.25) is 5.02 Å². The Labute approximate surface area is 178 Å². The molecule has 29 heavy (non-hydrogen) atoms. The molecule has 2 amide bonds. The number of hydrogen-bond donors (Lipinski definition) is 2. The number of nitrogens with one attached hydrogen (secondary N) is 1. The van der Waals surface area contributed by atoms with Gasteiger partial charge in [-0.25, -0.2) is 0 Å². The number of amides is 2. The maximum atomic E-state index is 12.4. The minimum absolute atomic E-state index is 0.189. The Morgan fingerprint density at radius 3 is 2.52 bits per heavy atom. The Kier molecular flexibility index (Phi) is 6.56. The van der Waals surface area contributed by atoms with Gasteiger partial charge in [0, 0.05) is 16.3 Å². The van der Waals surface area contributed by atoms with Gasteiger partial charge in [-0.3, -0.25) is 9.59 Å². The highest BCUT2D eigenvalue weighted by atomic mass is 35.5. The van der Waals surface area contributed by atoms with Crippen LogP contribution in [0.25, 0.3) is 0 Å². The quantitative estimate of drug-likeness (QED) is 0.571. The van der Waals surface area contributed by atoms with Crippen LogP contribution in [0.15, 0.2) is 48.5 Å². The Morgan fingerprint density at radius 2 is 1.86 bits per heavy atom. The maximum absolute atomic E-state index is 12.4. The molecule has 150 valence electrons. The van der Waals surface area contributed by atoms with E-state index >= 15 is 0 Å². The fraction of sp³-hybridized carbons (Fsp3) is 0.182. The third-order valence-electron chi connectivity index (χ3n) is 4.45. The summed E-state index contributed by atoms with van der Waals surface area (Å²) in [6, 6.07) is 15.1. The fourth-order valence-electron chi connectivity index (χ4n) is 2.98. The van der Waals surface area contributed by atoms with Crippen molar-refractivity contribution in [2.24, 2.45) is 5.73 Å². The number of aryl methyl sites for hydroxylation is 1. The Bertz CT molecular complexity index is 1050. The maximum Gasteiger partial charge on any atom is 0.262 e. The van der Waals surface area contributed by atoms with Gasteiger partial charge < -0.3 is 15.8 Å². The number of thiophene rings is 1. The molecule has 1 heterocycles. The molecule has 0 unspecified atom stereocenters. The molecule has 2 aromatic carbocycles. The van der Waals surface area contributed by atoms with Crippen molar-refractivity contribution in [1.29, 1.82) is 0 Å². The summed E-state index contributed by atoms with van der Waals surface area (Å²) in [6.45, 7) is 3.51. The smallest absolute Gasteiger partial charge is 0.262 e. The molecule has 0 saturated heterocycles. The van der Waals surface area contributed by atoms with Crippen LogP contribution < -0.4 is 15.8 Å². The number of anilines is 1. The van der Waals surface area contributed by atoms with E-state index in [1.54, 1.807) is 18.2 Å². The third-order valence-corrected chi connectivity index (χ3v) is 5.89. The van der Waals surface area contributed by atoms with Gasteiger partial charge in [-0.2, -0.15) is 0 Å². The van der Waals surface area contributed by atoms with E-state index in [4.69, 9.17) is 22.1 Å². The summed E-state index contributed by atoms with van der Waals surface area (Å²) in [5, 5.41) is 3.82. The van der Waals surface area contributed by atoms with Gasteiger partial charge in [-0.1, -0.05) is 41.9 Å². The minimum atomic E-state index is -0.567. The van der Waals surface area contributed by atoms with E-state index < -0.39 is 5.91 Å². The fourth-order valence-corrected chi connectivity index (χ4v) is 4.46. The summed E-state index contributed by atoms with van der Waals surface area (Å²) in [5.41, 5.74) is 8.65. The summed E-state index contributed by atoms with van der Waals surface area (Å²) in [7, 11) is 0. The number of nitrogens with two attached hydrogens (primary N) is 1. The van der Waals surface area contributed by atoms with Crippen molar-refractivity contribution in [3.63, 3.8) is 0 Å². The van der Waals surface area contributed by atoms with E-state index in [1.807, 2.05) is 44.2 Å². The largest absolute Gasteiger partial charge is 0.483 e. The van der Waals surface area contributed by atoms with Crippen molar-refractivity contribution in [2.45, 2.75) is 20.3 Å². The van der Waals surface area contributed by atoms with E-state index in [9.17, 15) is 9.59 Å². The van der Waals surface area contributed by atoms with Crippen LogP contribution in [-0.4, -0.2) is 18.4 Å². The lowest BCUT2D eigenvalue weighted by Gasteiger charge is -2.09. The van der Waals surface area contributed by atoms with Gasteiger partial charge in [0.1, 0.15) is 10.8 Å². The summed E-state index contributed by atoms with van der Waals surface area (Å²) >= 11 is 7.29. The average Bonchev–Trinajstić information content (AvgIpc) is 2.97. The van der Waals surface area contributed by atoms with E-state index in [1.165, 1.54) is 11.3 Å². The second-order valence-electron chi connectivity index (χ2n) is 6.63. The lowest BCUT2D eigenvalue weighted by Crippen LogP contribution is -2.22. The van der Waals surface area contributed by atoms with Gasteiger partial charge in [-0.05, 0) is 48.7 Å². The van der Waals surface area contributed by atoms with Crippen molar-refractivity contribution in [3.05, 3.63) is 80.7 Å². The van der Waals surface area contributed by atoms with Crippen LogP contribution in [0.4, 0.5) is 5.00 Å². The number of benzene rings is 2. The number of carbonyl (C=O) groups is 2. The molecule has 0 radical (unpaired) electrons. The van der Waals surface area contributed by atoms with E-state index in [0.717, 1.165) is 21.6 Å². The van der Waals surface area contributed by atoms with Crippen LogP contribution in [-0.2, 0) is 11.2 Å². The summed E-state index contributed by atoms with van der Waals surface area (Å²) < 4.78 is 5.58. The van der Waals surface area contributed by atoms with Crippen molar-refractivity contribution < 1.29 is 14.3 Å². The number of ether oxygens (including phenoxy) is 1. The minimum Gasteiger partial charge on any atom is -0.483 e. The number of primary amides is 1. The van der Waals surface area contributed by atoms with Crippen LogP contribution in [0.5, 0.6) is 5.75 Å². The molecule has 0 bridgehead atoms. The summed E-state index contributed by atoms with van der Waals surface area (Å²) in [5.74, 6) is -0.357. The van der Waals surface area contributed by atoms with Crippen LogP contribution in [0, 0.1) is 13.8 Å². The molecule has 0 aliphatic rings. The topological polar surface area (TPSA) is 81.4 Å². The van der Waals surface area contributed by atoms with Gasteiger partial charge in [0.15, 0.2) is 6.61 Å². The zero-order valence-electron chi connectivity index (χ0n) is 16.1. The van der Waals surface area contributed by atoms with Gasteiger partial charge >= 0.3 is 0 Å². The first-order valence-electron chi connectivity index (χ1n) is 9.00. The Hall–Kier alpha value is -2.83. The first-order chi connectivity index (χ1) is 13.8. The number of carbonyl (C=O) groups excluding carboxylic acids is 2. The monoisotopic (exact) mass is 428 g/mol. The zero-order chi connectivity index (χ0) is 21.0. The molecule has 3 N–H and O–H groups in total. The molecule has 3 rings (SSSR count). The summed E-state index contributed by atoms with van der Waals surface area (Å²) in [6.07, 6.45) is 0.661. The lowest BCUT2D eigenvalue weighted by molar-refractivity contribution is -0.118. The molecule has 3 aromatic rings. The van der Waals surface area contributed by atoms with Crippen LogP contribution in [0.3, 0.4) is 0 Å². The number of hydrogen-bond acceptors (Lipinski definition) is 4. The van der Waals surface area contributed by atoms with Crippen LogP contribution in [0.1, 0.15) is 31.9 Å². The summed E-state index contributed by atoms with van der Waals surface area (Å²) in [4.78, 5) is 25.4. The zero-order valence-corrected chi connectivity index (χ0v) is 17.7. The molecule has 0 fully saturated rings. The van der Waals surface area contributed by atoms with Gasteiger partial charge in [-0.15, -0.1) is 11.3 Å². The molecular formula is C22H21ClN2O3S. The lowest BCUT2D eigenvalue weighted by atomic mass is 10.1. The van der Waals surface area contributed by atoms with E-state index in [-0.39, 0.29) is 12.5 Å². The van der Waals surface area contributed by atoms with Gasteiger partial charge in [0.2, 0.25) is 0 Å². The average molecular weight is 429 g/mol. The predicted octanol–water partition coefficient (Wildman–Crippen LogP) is 4.73. The molecule has 0 aliphatic carbocycles.